The summed E-state index contributed by atoms with van der Waals surface area (Å²) in [6, 6.07) is -4.08. The number of rotatable bonds is 16. The van der Waals surface area contributed by atoms with E-state index in [-0.39, 0.29) is 51.4 Å². The Bertz CT molecular complexity index is 718. The van der Waals surface area contributed by atoms with Crippen LogP contribution < -0.4 is 34.4 Å². The third-order valence-electron chi connectivity index (χ3n) is 4.01. The summed E-state index contributed by atoms with van der Waals surface area (Å²) in [7, 11) is 0. The van der Waals surface area contributed by atoms with Crippen LogP contribution in [-0.2, 0) is 38.4 Å². The number of carboxylic acid groups (broad SMARTS) is 6. The molecule has 2 amide bonds. The molecule has 0 aromatic carbocycles. The molecule has 0 aromatic heterocycles. The minimum atomic E-state index is -1.17. The molecular weight excluding hydrogens is 548 g/mol. The fourth-order valence-corrected chi connectivity index (χ4v) is 1.65. The minimum absolute atomic E-state index is 0.0213. The SMILES string of the molecule is NC(=O)CC[C@H](N)C(=O)O.NC(=O)CC[C@H](N)C(=O)O.N[C@@H](CCC(=O)O)C(=O)O.N[C@@H](CCC(=O)O)C(=O)O. The Morgan fingerprint density at radius 1 is 0.400 bits per heavy atom. The van der Waals surface area contributed by atoms with E-state index >= 15 is 0 Å². The lowest BCUT2D eigenvalue weighted by Crippen LogP contribution is -2.31. The molecule has 0 rings (SSSR count). The van der Waals surface area contributed by atoms with Crippen molar-refractivity contribution in [2.45, 2.75) is 75.5 Å². The summed E-state index contributed by atoms with van der Waals surface area (Å²) in [6.45, 7) is 0. The Hall–Kier alpha value is -4.40. The largest absolute Gasteiger partial charge is 0.481 e. The molecule has 0 saturated carbocycles. The minimum Gasteiger partial charge on any atom is -0.481 e. The molecule has 0 unspecified atom stereocenters. The average molecular weight is 587 g/mol. The van der Waals surface area contributed by atoms with Gasteiger partial charge in [0.1, 0.15) is 24.2 Å². The van der Waals surface area contributed by atoms with Crippen LogP contribution in [0.15, 0.2) is 0 Å². The van der Waals surface area contributed by atoms with E-state index in [0.717, 1.165) is 0 Å². The first-order valence-electron chi connectivity index (χ1n) is 11.1. The second kappa shape index (κ2) is 24.9. The Morgan fingerprint density at radius 3 is 0.700 bits per heavy atom. The number of primary amides is 2. The van der Waals surface area contributed by atoms with Gasteiger partial charge in [-0.15, -0.1) is 0 Å². The first-order chi connectivity index (χ1) is 18.1. The normalized spacial score (nSPS) is 12.5. The predicted molar refractivity (Wildman–Crippen MR) is 133 cm³/mol. The zero-order chi connectivity index (χ0) is 32.6. The van der Waals surface area contributed by atoms with Gasteiger partial charge in [-0.2, -0.15) is 0 Å². The van der Waals surface area contributed by atoms with Crippen molar-refractivity contribution in [3.05, 3.63) is 0 Å². The van der Waals surface area contributed by atoms with Gasteiger partial charge in [0.15, 0.2) is 0 Å². The molecule has 0 bridgehead atoms. The predicted octanol–water partition coefficient (Wildman–Crippen LogP) is -4.15. The summed E-state index contributed by atoms with van der Waals surface area (Å²) in [4.78, 5) is 80.0. The van der Waals surface area contributed by atoms with Gasteiger partial charge in [0, 0.05) is 25.7 Å². The Morgan fingerprint density at radius 2 is 0.575 bits per heavy atom. The lowest BCUT2D eigenvalue weighted by atomic mass is 10.2. The van der Waals surface area contributed by atoms with Crippen molar-refractivity contribution >= 4 is 47.6 Å². The summed E-state index contributed by atoms with van der Waals surface area (Å²) in [5.74, 6) is -7.67. The second-order valence-corrected chi connectivity index (χ2v) is 7.65. The molecule has 0 saturated heterocycles. The maximum atomic E-state index is 10.1. The van der Waals surface area contributed by atoms with Crippen LogP contribution in [0, 0.1) is 0 Å². The molecule has 4 atom stereocenters. The van der Waals surface area contributed by atoms with Gasteiger partial charge in [-0.1, -0.05) is 0 Å². The molecule has 0 aliphatic rings. The Balaban J connectivity index is -0.000000216. The molecule has 232 valence electrons. The van der Waals surface area contributed by atoms with Crippen LogP contribution in [0.25, 0.3) is 0 Å². The van der Waals surface area contributed by atoms with E-state index in [4.69, 9.17) is 65.0 Å². The summed E-state index contributed by atoms with van der Waals surface area (Å²) in [6.07, 6.45) is -0.202. The van der Waals surface area contributed by atoms with Gasteiger partial charge in [0.05, 0.1) is 0 Å². The van der Waals surface area contributed by atoms with Crippen LogP contribution in [-0.4, -0.2) is 102 Å². The van der Waals surface area contributed by atoms with E-state index in [9.17, 15) is 38.4 Å². The van der Waals surface area contributed by atoms with Gasteiger partial charge in [-0.05, 0) is 25.7 Å². The summed E-state index contributed by atoms with van der Waals surface area (Å²) in [5.41, 5.74) is 29.6. The van der Waals surface area contributed by atoms with Crippen LogP contribution in [0.4, 0.5) is 0 Å². The van der Waals surface area contributed by atoms with Crippen LogP contribution in [0.1, 0.15) is 51.4 Å². The summed E-state index contributed by atoms with van der Waals surface area (Å²) >= 11 is 0. The number of carboxylic acids is 6. The zero-order valence-electron chi connectivity index (χ0n) is 21.4. The van der Waals surface area contributed by atoms with Gasteiger partial charge >= 0.3 is 35.8 Å². The van der Waals surface area contributed by atoms with Crippen molar-refractivity contribution in [3.63, 3.8) is 0 Å². The number of carbonyl (C=O) groups is 8. The molecule has 20 heteroatoms. The van der Waals surface area contributed by atoms with Crippen molar-refractivity contribution in [3.8, 4) is 0 Å². The molecule has 0 spiro atoms. The third-order valence-corrected chi connectivity index (χ3v) is 4.01. The number of aliphatic carboxylic acids is 6. The highest BCUT2D eigenvalue weighted by Crippen LogP contribution is 1.95. The number of hydrogen-bond acceptors (Lipinski definition) is 12. The van der Waals surface area contributed by atoms with Crippen LogP contribution >= 0.6 is 0 Å². The lowest BCUT2D eigenvalue weighted by Gasteiger charge is -2.01. The molecule has 20 nitrogen and oxygen atoms in total. The lowest BCUT2D eigenvalue weighted by molar-refractivity contribution is -0.141. The van der Waals surface area contributed by atoms with Crippen molar-refractivity contribution in [1.29, 1.82) is 0 Å². The standard InChI is InChI=1S/2C5H10N2O3.2C5H9NO4/c4*6-3(5(9)10)1-2-4(7)8/h2*3H,1-2,6H2,(H2,7,8)(H,9,10);2*3H,1-2,6H2,(H,7,8)(H,9,10)/t4*3-/m0000/s1. The van der Waals surface area contributed by atoms with Gasteiger partial charge in [0.2, 0.25) is 11.8 Å². The van der Waals surface area contributed by atoms with Crippen molar-refractivity contribution in [2.24, 2.45) is 34.4 Å². The third kappa shape index (κ3) is 35.8. The molecule has 0 aliphatic carbocycles. The van der Waals surface area contributed by atoms with Gasteiger partial charge in [-0.3, -0.25) is 38.4 Å². The molecule has 0 fully saturated rings. The Labute approximate surface area is 227 Å². The number of carbonyl (C=O) groups excluding carboxylic acids is 2. The van der Waals surface area contributed by atoms with Crippen LogP contribution in [0.2, 0.25) is 0 Å². The fraction of sp³-hybridized carbons (Fsp3) is 0.600. The fourth-order valence-electron chi connectivity index (χ4n) is 1.65. The molecule has 40 heavy (non-hydrogen) atoms. The summed E-state index contributed by atoms with van der Waals surface area (Å²) < 4.78 is 0. The van der Waals surface area contributed by atoms with Crippen LogP contribution in [0.5, 0.6) is 0 Å². The molecule has 0 radical (unpaired) electrons. The first kappa shape index (κ1) is 42.7. The molecular formula is C20H38N6O14. The van der Waals surface area contributed by atoms with Gasteiger partial charge in [-0.25, -0.2) is 0 Å². The quantitative estimate of drug-likeness (QED) is 0.0815. The topological polar surface area (TPSA) is 414 Å². The van der Waals surface area contributed by atoms with E-state index in [1.165, 1.54) is 0 Å². The van der Waals surface area contributed by atoms with E-state index in [2.05, 4.69) is 0 Å². The van der Waals surface area contributed by atoms with E-state index in [1.54, 1.807) is 0 Å². The maximum absolute atomic E-state index is 10.1. The zero-order valence-corrected chi connectivity index (χ0v) is 21.4. The average Bonchev–Trinajstić information content (AvgIpc) is 2.83. The van der Waals surface area contributed by atoms with E-state index in [1.807, 2.05) is 0 Å². The van der Waals surface area contributed by atoms with E-state index in [0.29, 0.717) is 0 Å². The highest BCUT2D eigenvalue weighted by molar-refractivity contribution is 5.78. The van der Waals surface area contributed by atoms with Gasteiger partial charge in [0.25, 0.3) is 0 Å². The monoisotopic (exact) mass is 586 g/mol. The summed E-state index contributed by atoms with van der Waals surface area (Å²) in [5, 5.41) is 49.0. The molecule has 0 aromatic rings. The second-order valence-electron chi connectivity index (χ2n) is 7.65. The van der Waals surface area contributed by atoms with E-state index < -0.39 is 71.8 Å². The van der Waals surface area contributed by atoms with Crippen molar-refractivity contribution < 1.29 is 69.0 Å². The first-order valence-corrected chi connectivity index (χ1v) is 11.1. The van der Waals surface area contributed by atoms with Crippen molar-refractivity contribution in [2.75, 3.05) is 0 Å². The van der Waals surface area contributed by atoms with Crippen molar-refractivity contribution in [1.82, 2.24) is 0 Å². The van der Waals surface area contributed by atoms with Gasteiger partial charge < -0.3 is 65.0 Å². The highest BCUT2D eigenvalue weighted by Gasteiger charge is 2.14. The number of nitrogens with two attached hydrogens (primary N) is 6. The molecule has 0 heterocycles. The molecule has 0 aliphatic heterocycles. The Kier molecular flexibility index (Phi) is 26.6. The maximum Gasteiger partial charge on any atom is 0.320 e. The smallest absolute Gasteiger partial charge is 0.320 e. The number of hydrogen-bond donors (Lipinski definition) is 12. The van der Waals surface area contributed by atoms with Crippen LogP contribution in [0.3, 0.4) is 0 Å². The highest BCUT2D eigenvalue weighted by atomic mass is 16.4. The molecule has 18 N–H and O–H groups in total. The number of amides is 2.